The summed E-state index contributed by atoms with van der Waals surface area (Å²) < 4.78 is 23.2. The summed E-state index contributed by atoms with van der Waals surface area (Å²) in [5.74, 6) is 0. The molecule has 0 aromatic heterocycles. The van der Waals surface area contributed by atoms with Crippen LogP contribution >= 0.6 is 56.8 Å². The largest absolute Gasteiger partial charge is 0.222 e. The van der Waals surface area contributed by atoms with Gasteiger partial charge in [0.1, 0.15) is 0 Å². The molecule has 14 heavy (non-hydrogen) atoms. The number of alkyl halides is 2. The van der Waals surface area contributed by atoms with E-state index < -0.39 is 11.1 Å². The van der Waals surface area contributed by atoms with E-state index in [4.69, 9.17) is 11.6 Å². The second kappa shape index (κ2) is 4.84. The summed E-state index contributed by atoms with van der Waals surface area (Å²) in [4.78, 5) is 0.357. The third kappa shape index (κ3) is 2.73. The summed E-state index contributed by atoms with van der Waals surface area (Å²) in [7, 11) is -3.21. The van der Waals surface area contributed by atoms with Gasteiger partial charge in [-0.2, -0.15) is 0 Å². The van der Waals surface area contributed by atoms with Crippen LogP contribution in [-0.2, 0) is 9.84 Å². The molecule has 0 aliphatic heterocycles. The molecule has 0 amide bonds. The van der Waals surface area contributed by atoms with E-state index >= 15 is 0 Å². The van der Waals surface area contributed by atoms with Crippen molar-refractivity contribution < 1.29 is 8.42 Å². The smallest absolute Gasteiger partial charge is 0.199 e. The van der Waals surface area contributed by atoms with E-state index in [-0.39, 0.29) is 0 Å². The first-order valence-corrected chi connectivity index (χ1v) is 8.05. The highest BCUT2D eigenvalue weighted by Gasteiger charge is 2.23. The number of sulfone groups is 1. The predicted octanol–water partition coefficient (Wildman–Crippen LogP) is 3.58. The minimum absolute atomic E-state index is 0.357. The summed E-state index contributed by atoms with van der Waals surface area (Å²) in [6, 6.07) is 4.80. The van der Waals surface area contributed by atoms with Crippen LogP contribution in [0, 0.1) is 6.92 Å². The standard InChI is InChI=1S/C8H7ClI2O2S/c1-5-4-6(9)2-3-7(5)14(12,13)8(10)11/h2-4,8H,1H3. The molecule has 6 heteroatoms. The van der Waals surface area contributed by atoms with Crippen LogP contribution in [0.3, 0.4) is 0 Å². The second-order valence-corrected chi connectivity index (χ2v) is 11.7. The van der Waals surface area contributed by atoms with Crippen LogP contribution in [0.1, 0.15) is 5.56 Å². The van der Waals surface area contributed by atoms with Crippen LogP contribution in [0.2, 0.25) is 5.02 Å². The zero-order valence-corrected chi connectivity index (χ0v) is 13.1. The van der Waals surface area contributed by atoms with Crippen molar-refractivity contribution in [1.82, 2.24) is 0 Å². The lowest BCUT2D eigenvalue weighted by Crippen LogP contribution is -2.09. The molecule has 1 aromatic carbocycles. The fourth-order valence-electron chi connectivity index (χ4n) is 1.03. The minimum atomic E-state index is -3.21. The highest BCUT2D eigenvalue weighted by atomic mass is 127. The first-order valence-electron chi connectivity index (χ1n) is 3.64. The van der Waals surface area contributed by atoms with Crippen molar-refractivity contribution in [1.29, 1.82) is 0 Å². The molecule has 1 aromatic rings. The van der Waals surface area contributed by atoms with Gasteiger partial charge in [-0.1, -0.05) is 56.8 Å². The van der Waals surface area contributed by atoms with E-state index in [9.17, 15) is 8.42 Å². The van der Waals surface area contributed by atoms with Gasteiger partial charge in [-0.3, -0.25) is 0 Å². The summed E-state index contributed by atoms with van der Waals surface area (Å²) >= 11 is 9.51. The second-order valence-electron chi connectivity index (χ2n) is 2.72. The molecule has 0 saturated carbocycles. The molecule has 0 atom stereocenters. The number of rotatable bonds is 2. The topological polar surface area (TPSA) is 34.1 Å². The van der Waals surface area contributed by atoms with Gasteiger partial charge in [-0.25, -0.2) is 8.42 Å². The van der Waals surface area contributed by atoms with Gasteiger partial charge in [0.15, 0.2) is 11.1 Å². The molecule has 0 heterocycles. The number of hydrogen-bond acceptors (Lipinski definition) is 2. The monoisotopic (exact) mass is 456 g/mol. The summed E-state index contributed by atoms with van der Waals surface area (Å²) in [5, 5.41) is 0.555. The van der Waals surface area contributed by atoms with Crippen molar-refractivity contribution in [3.63, 3.8) is 0 Å². The van der Waals surface area contributed by atoms with Gasteiger partial charge >= 0.3 is 0 Å². The maximum Gasteiger partial charge on any atom is 0.199 e. The fourth-order valence-corrected chi connectivity index (χ4v) is 3.86. The van der Waals surface area contributed by atoms with E-state index in [0.717, 1.165) is 0 Å². The number of aryl methyl sites for hydroxylation is 1. The lowest BCUT2D eigenvalue weighted by atomic mass is 10.2. The Hall–Kier alpha value is 0.920. The van der Waals surface area contributed by atoms with Gasteiger partial charge < -0.3 is 0 Å². The molecule has 0 aliphatic carbocycles. The molecule has 0 radical (unpaired) electrons. The molecule has 0 unspecified atom stereocenters. The van der Waals surface area contributed by atoms with Crippen LogP contribution in [0.15, 0.2) is 23.1 Å². The van der Waals surface area contributed by atoms with Gasteiger partial charge in [-0.15, -0.1) is 0 Å². The van der Waals surface area contributed by atoms with Crippen molar-refractivity contribution in [2.45, 2.75) is 13.1 Å². The molecule has 78 valence electrons. The molecule has 0 saturated heterocycles. The molecular formula is C8H7ClI2O2S. The van der Waals surface area contributed by atoms with Gasteiger partial charge in [0.25, 0.3) is 0 Å². The Balaban J connectivity index is 3.35. The van der Waals surface area contributed by atoms with Crippen molar-refractivity contribution in [2.75, 3.05) is 0 Å². The quantitative estimate of drug-likeness (QED) is 0.504. The van der Waals surface area contributed by atoms with Gasteiger partial charge in [0.2, 0.25) is 0 Å². The van der Waals surface area contributed by atoms with Gasteiger partial charge in [-0.05, 0) is 30.7 Å². The predicted molar refractivity (Wildman–Crippen MR) is 75.2 cm³/mol. The third-order valence-electron chi connectivity index (χ3n) is 1.68. The number of hydrogen-bond donors (Lipinski definition) is 0. The maximum absolute atomic E-state index is 11.8. The molecular weight excluding hydrogens is 449 g/mol. The Morgan fingerprint density at radius 3 is 2.36 bits per heavy atom. The summed E-state index contributed by atoms with van der Waals surface area (Å²) in [6.07, 6.45) is 0. The van der Waals surface area contributed by atoms with E-state index in [1.165, 1.54) is 0 Å². The number of halogens is 3. The average molecular weight is 456 g/mol. The zero-order valence-electron chi connectivity index (χ0n) is 7.17. The normalized spacial score (nSPS) is 12.1. The van der Waals surface area contributed by atoms with E-state index in [2.05, 4.69) is 0 Å². The van der Waals surface area contributed by atoms with Crippen LogP contribution in [0.4, 0.5) is 0 Å². The van der Waals surface area contributed by atoms with Crippen LogP contribution in [0.25, 0.3) is 0 Å². The number of benzene rings is 1. The zero-order chi connectivity index (χ0) is 10.9. The van der Waals surface area contributed by atoms with Crippen LogP contribution in [0.5, 0.6) is 0 Å². The van der Waals surface area contributed by atoms with Crippen molar-refractivity contribution in [3.8, 4) is 0 Å². The third-order valence-corrected chi connectivity index (χ3v) is 7.47. The van der Waals surface area contributed by atoms with Crippen molar-refractivity contribution in [3.05, 3.63) is 28.8 Å². The van der Waals surface area contributed by atoms with Gasteiger partial charge in [0.05, 0.1) is 4.90 Å². The average Bonchev–Trinajstić information content (AvgIpc) is 2.02. The Morgan fingerprint density at radius 1 is 1.36 bits per heavy atom. The fraction of sp³-hybridized carbons (Fsp3) is 0.250. The summed E-state index contributed by atoms with van der Waals surface area (Å²) in [5.41, 5.74) is 0.691. The van der Waals surface area contributed by atoms with E-state index in [0.29, 0.717) is 15.5 Å². The van der Waals surface area contributed by atoms with Crippen LogP contribution < -0.4 is 0 Å². The first kappa shape index (κ1) is 13.0. The molecule has 0 bridgehead atoms. The Kier molecular flexibility index (Phi) is 4.49. The molecule has 0 fully saturated rings. The molecule has 0 N–H and O–H groups in total. The maximum atomic E-state index is 11.8. The Labute approximate surface area is 116 Å². The summed E-state index contributed by atoms with van der Waals surface area (Å²) in [6.45, 7) is 1.74. The van der Waals surface area contributed by atoms with Crippen molar-refractivity contribution in [2.24, 2.45) is 0 Å². The molecule has 0 spiro atoms. The first-order chi connectivity index (χ1) is 6.35. The van der Waals surface area contributed by atoms with Gasteiger partial charge in [0, 0.05) is 5.02 Å². The molecule has 2 nitrogen and oxygen atoms in total. The Morgan fingerprint density at radius 2 is 1.93 bits per heavy atom. The van der Waals surface area contributed by atoms with Crippen molar-refractivity contribution >= 4 is 66.6 Å². The highest BCUT2D eigenvalue weighted by molar-refractivity contribution is 14.2. The molecule has 0 aliphatic rings. The van der Waals surface area contributed by atoms with Crippen LogP contribution in [-0.4, -0.2) is 9.68 Å². The lowest BCUT2D eigenvalue weighted by Gasteiger charge is -2.08. The SMILES string of the molecule is Cc1cc(Cl)ccc1S(=O)(=O)C(I)I. The lowest BCUT2D eigenvalue weighted by molar-refractivity contribution is 0.600. The minimum Gasteiger partial charge on any atom is -0.222 e. The highest BCUT2D eigenvalue weighted by Crippen LogP contribution is 2.29. The molecule has 1 rings (SSSR count). The van der Waals surface area contributed by atoms with E-state index in [1.807, 2.05) is 45.2 Å². The van der Waals surface area contributed by atoms with E-state index in [1.54, 1.807) is 25.1 Å². The Bertz CT molecular complexity index is 443.